The molecule has 3 rings (SSSR count). The summed E-state index contributed by atoms with van der Waals surface area (Å²) in [5.41, 5.74) is 0. The van der Waals surface area contributed by atoms with Gasteiger partial charge < -0.3 is 100 Å². The van der Waals surface area contributed by atoms with Gasteiger partial charge in [0.15, 0.2) is 12.6 Å². The van der Waals surface area contributed by atoms with E-state index in [0.717, 1.165) is 51.9 Å². The zero-order valence-corrected chi connectivity index (χ0v) is 64.2. The second-order valence-corrected chi connectivity index (χ2v) is 30.4. The maximum absolute atomic E-state index is 13.5. The van der Waals surface area contributed by atoms with Crippen LogP contribution in [0.25, 0.3) is 0 Å². The van der Waals surface area contributed by atoms with Crippen LogP contribution in [0.5, 0.6) is 0 Å². The summed E-state index contributed by atoms with van der Waals surface area (Å²) in [4.78, 5) is 38.7. The van der Waals surface area contributed by atoms with Crippen molar-refractivity contribution < 1.29 is 104 Å². The molecule has 3 fully saturated rings. The van der Waals surface area contributed by atoms with Gasteiger partial charge in [0, 0.05) is 19.8 Å². The number of unbranched alkanes of at least 4 members (excludes halogenated alkanes) is 46. The summed E-state index contributed by atoms with van der Waals surface area (Å²) in [6.07, 6.45) is 35.7. The molecule has 18 atom stereocenters. The van der Waals surface area contributed by atoms with Crippen molar-refractivity contribution in [2.24, 2.45) is 0 Å². The smallest absolute Gasteiger partial charge is 0.364 e. The van der Waals surface area contributed by atoms with Gasteiger partial charge in [-0.25, -0.2) is 4.79 Å². The van der Waals surface area contributed by atoms with Crippen molar-refractivity contribution in [2.45, 2.75) is 452 Å². The first kappa shape index (κ1) is 94.7. The molecule has 0 aromatic heterocycles. The highest BCUT2D eigenvalue weighted by Crippen LogP contribution is 2.39. The number of amides is 2. The summed E-state index contributed by atoms with van der Waals surface area (Å²) in [6, 6.07) is -2.61. The van der Waals surface area contributed by atoms with Crippen LogP contribution < -0.4 is 10.6 Å². The Balaban J connectivity index is 1.42. The number of aliphatic hydroxyl groups is 11. The number of ether oxygens (including phenoxy) is 6. The number of hydrogen-bond acceptors (Lipinski definition) is 20. The fourth-order valence-electron chi connectivity index (χ4n) is 14.7. The number of nitrogens with one attached hydrogen (secondary N) is 2. The highest BCUT2D eigenvalue weighted by Gasteiger charge is 2.60. The van der Waals surface area contributed by atoms with Gasteiger partial charge in [-0.05, 0) is 19.3 Å². The summed E-state index contributed by atoms with van der Waals surface area (Å²) in [5, 5.41) is 136. The van der Waals surface area contributed by atoms with E-state index < -0.39 is 155 Å². The number of carbonyl (C=O) groups is 3. The van der Waals surface area contributed by atoms with Gasteiger partial charge in [0.2, 0.25) is 11.8 Å². The summed E-state index contributed by atoms with van der Waals surface area (Å²) in [6.45, 7) is 2.18. The van der Waals surface area contributed by atoms with Crippen molar-refractivity contribution in [2.75, 3.05) is 26.4 Å². The van der Waals surface area contributed by atoms with E-state index >= 15 is 0 Å². The predicted octanol–water partition coefficient (Wildman–Crippen LogP) is 11.4. The molecular weight excluding hydrogens is 1320 g/mol. The fraction of sp³-hybridized carbons (Fsp3) is 0.938. The molecule has 0 aromatic rings. The van der Waals surface area contributed by atoms with E-state index in [0.29, 0.717) is 12.8 Å². The van der Waals surface area contributed by atoms with Crippen LogP contribution in [0.4, 0.5) is 0 Å². The lowest BCUT2D eigenvalue weighted by Gasteiger charge is -2.50. The summed E-state index contributed by atoms with van der Waals surface area (Å²) < 4.78 is 34.9. The van der Waals surface area contributed by atoms with Crippen LogP contribution in [0.1, 0.15) is 342 Å². The maximum Gasteiger partial charge on any atom is 0.364 e. The van der Waals surface area contributed by atoms with E-state index in [1.165, 1.54) is 250 Å². The molecule has 3 aliphatic heterocycles. The highest BCUT2D eigenvalue weighted by atomic mass is 16.8. The van der Waals surface area contributed by atoms with Gasteiger partial charge in [-0.3, -0.25) is 9.59 Å². The Morgan fingerprint density at radius 1 is 0.505 bits per heavy atom. The monoisotopic (exact) mass is 1480 g/mol. The van der Waals surface area contributed by atoms with Gasteiger partial charge in [0.1, 0.15) is 67.1 Å². The van der Waals surface area contributed by atoms with Crippen LogP contribution >= 0.6 is 0 Å². The zero-order chi connectivity index (χ0) is 75.3. The van der Waals surface area contributed by atoms with Crippen molar-refractivity contribution in [1.82, 2.24) is 10.6 Å². The Morgan fingerprint density at radius 2 is 0.903 bits per heavy atom. The third-order valence-electron chi connectivity index (χ3n) is 21.2. The van der Waals surface area contributed by atoms with Gasteiger partial charge in [-0.1, -0.05) is 315 Å². The first-order valence-electron chi connectivity index (χ1n) is 41.6. The SMILES string of the molecule is CCCCCCCCCCCCCC/C=C/C(O)C(COC1OC(CO)C(OC2OC(CO)C(O)C(OC3(C(=O)O)CC(O)C(NC(C)=O)C(C(O)C(O)CO)O3)C2O)C(O)C1O)NC(=O)CCCCCCCCCCCCCCCCCCCCCCCCCCCCCCCCCCCCC. The third kappa shape index (κ3) is 39.6. The van der Waals surface area contributed by atoms with E-state index in [4.69, 9.17) is 28.4 Å². The normalized spacial score (nSPS) is 26.5. The van der Waals surface area contributed by atoms with Crippen molar-refractivity contribution in [3.63, 3.8) is 0 Å². The number of aliphatic carboxylic acids is 1. The molecule has 103 heavy (non-hydrogen) atoms. The van der Waals surface area contributed by atoms with Crippen LogP contribution in [0.15, 0.2) is 12.2 Å². The van der Waals surface area contributed by atoms with Gasteiger partial charge in [0.05, 0.1) is 50.7 Å². The van der Waals surface area contributed by atoms with Crippen LogP contribution in [0.3, 0.4) is 0 Å². The lowest BCUT2D eigenvalue weighted by molar-refractivity contribution is -0.386. The van der Waals surface area contributed by atoms with Crippen molar-refractivity contribution in [3.8, 4) is 0 Å². The third-order valence-corrected chi connectivity index (χ3v) is 21.2. The number of allylic oxidation sites excluding steroid dienone is 1. The lowest BCUT2D eigenvalue weighted by Crippen LogP contribution is -2.70. The van der Waals surface area contributed by atoms with Crippen molar-refractivity contribution >= 4 is 17.8 Å². The van der Waals surface area contributed by atoms with Crippen LogP contribution in [0, 0.1) is 0 Å². The number of carboxylic acid groups (broad SMARTS) is 1. The second-order valence-electron chi connectivity index (χ2n) is 30.4. The zero-order valence-electron chi connectivity index (χ0n) is 64.2. The molecule has 0 spiro atoms. The molecular formula is C80H150N2O21. The van der Waals surface area contributed by atoms with Gasteiger partial charge >= 0.3 is 5.97 Å². The minimum absolute atomic E-state index is 0.206. The molecule has 0 aromatic carbocycles. The average Bonchev–Trinajstić information content (AvgIpc) is 0.755. The second kappa shape index (κ2) is 59.4. The molecule has 0 saturated carbocycles. The van der Waals surface area contributed by atoms with Gasteiger partial charge in [-0.15, -0.1) is 0 Å². The molecule has 3 saturated heterocycles. The predicted molar refractivity (Wildman–Crippen MR) is 398 cm³/mol. The Kier molecular flexibility index (Phi) is 54.6. The summed E-state index contributed by atoms with van der Waals surface area (Å²) in [5.74, 6) is -6.13. The van der Waals surface area contributed by atoms with Gasteiger partial charge in [-0.2, -0.15) is 0 Å². The molecule has 606 valence electrons. The maximum atomic E-state index is 13.5. The average molecular weight is 1480 g/mol. The lowest BCUT2D eigenvalue weighted by atomic mass is 9.88. The van der Waals surface area contributed by atoms with E-state index in [-0.39, 0.29) is 12.3 Å². The largest absolute Gasteiger partial charge is 0.477 e. The first-order valence-corrected chi connectivity index (χ1v) is 41.6. The molecule has 18 unspecified atom stereocenters. The minimum Gasteiger partial charge on any atom is -0.477 e. The van der Waals surface area contributed by atoms with Crippen LogP contribution in [-0.4, -0.2) is 215 Å². The fourth-order valence-corrected chi connectivity index (χ4v) is 14.7. The molecule has 0 aliphatic carbocycles. The van der Waals surface area contributed by atoms with E-state index in [2.05, 4.69) is 24.5 Å². The Bertz CT molecular complexity index is 2100. The molecule has 3 aliphatic rings. The van der Waals surface area contributed by atoms with Crippen LogP contribution in [0.2, 0.25) is 0 Å². The Hall–Kier alpha value is -2.53. The van der Waals surface area contributed by atoms with E-state index in [1.54, 1.807) is 6.08 Å². The van der Waals surface area contributed by atoms with Crippen molar-refractivity contribution in [3.05, 3.63) is 12.2 Å². The molecule has 0 radical (unpaired) electrons. The number of hydrogen-bond donors (Lipinski definition) is 14. The van der Waals surface area contributed by atoms with Crippen molar-refractivity contribution in [1.29, 1.82) is 0 Å². The molecule has 23 nitrogen and oxygen atoms in total. The van der Waals surface area contributed by atoms with E-state index in [9.17, 15) is 75.7 Å². The standard InChI is InChI=1S/C80H150N2O21/c1-4-6-8-10-12-14-16-18-20-21-22-23-24-25-26-27-28-29-30-31-32-33-34-35-36-37-38-39-40-42-44-46-48-50-52-54-67(90)82-61(62(87)53-51-49-47-45-43-41-19-17-15-13-11-9-7-5-2)59-98-77-72(94)71(93)74(66(58-85)100-77)101-78-73(95)76(70(92)65(57-84)99-78)103-80(79(96)97)55-63(88)68(81-60(3)86)75(102-80)69(91)64(89)56-83/h51,53,61-66,68-78,83-85,87-89,91-95H,4-50,52,54-59H2,1-3H3,(H,81,86)(H,82,90)(H,96,97)/b53-51+. The molecule has 23 heteroatoms. The molecule has 2 amide bonds. The first-order chi connectivity index (χ1) is 49.9. The molecule has 3 heterocycles. The summed E-state index contributed by atoms with van der Waals surface area (Å²) >= 11 is 0. The number of carboxylic acids is 1. The minimum atomic E-state index is -3.08. The Morgan fingerprint density at radius 3 is 1.29 bits per heavy atom. The molecule has 0 bridgehead atoms. The molecule has 14 N–H and O–H groups in total. The van der Waals surface area contributed by atoms with E-state index in [1.807, 2.05) is 6.08 Å². The topological polar surface area (TPSA) is 373 Å². The number of carbonyl (C=O) groups excluding carboxylic acids is 2. The Labute approximate surface area is 620 Å². The number of rotatable bonds is 66. The number of aliphatic hydroxyl groups excluding tert-OH is 11. The summed E-state index contributed by atoms with van der Waals surface area (Å²) in [7, 11) is 0. The highest BCUT2D eigenvalue weighted by molar-refractivity contribution is 5.77. The van der Waals surface area contributed by atoms with Gasteiger partial charge in [0.25, 0.3) is 5.79 Å². The quantitative estimate of drug-likeness (QED) is 0.0199. The van der Waals surface area contributed by atoms with Crippen LogP contribution in [-0.2, 0) is 42.8 Å².